The highest BCUT2D eigenvalue weighted by molar-refractivity contribution is 5.98. The predicted molar refractivity (Wildman–Crippen MR) is 109 cm³/mol. The van der Waals surface area contributed by atoms with E-state index in [1.165, 1.54) is 19.9 Å². The van der Waals surface area contributed by atoms with Gasteiger partial charge in [-0.1, -0.05) is 18.2 Å². The first-order valence-corrected chi connectivity index (χ1v) is 9.32. The van der Waals surface area contributed by atoms with Gasteiger partial charge >= 0.3 is 5.97 Å². The predicted octanol–water partition coefficient (Wildman–Crippen LogP) is 4.25. The van der Waals surface area contributed by atoms with Gasteiger partial charge < -0.3 is 19.2 Å². The molecule has 7 heteroatoms. The molecular formula is C23H21NO6. The van der Waals surface area contributed by atoms with Crippen molar-refractivity contribution in [1.82, 2.24) is 0 Å². The summed E-state index contributed by atoms with van der Waals surface area (Å²) in [6.07, 6.45) is -1.04. The quantitative estimate of drug-likeness (QED) is 0.443. The molecule has 3 rings (SSSR count). The minimum Gasteiger partial charge on any atom is -0.486 e. The molecule has 30 heavy (non-hydrogen) atoms. The summed E-state index contributed by atoms with van der Waals surface area (Å²) in [5.41, 5.74) is 1.03. The molecule has 2 aromatic carbocycles. The lowest BCUT2D eigenvalue weighted by Gasteiger charge is -2.13. The Morgan fingerprint density at radius 3 is 2.33 bits per heavy atom. The zero-order valence-corrected chi connectivity index (χ0v) is 16.6. The molecular weight excluding hydrogens is 386 g/mol. The van der Waals surface area contributed by atoms with Crippen molar-refractivity contribution in [3.63, 3.8) is 0 Å². The van der Waals surface area contributed by atoms with Crippen LogP contribution in [-0.4, -0.2) is 23.8 Å². The van der Waals surface area contributed by atoms with E-state index >= 15 is 0 Å². The fraction of sp³-hybridized carbons (Fsp3) is 0.174. The Balaban J connectivity index is 1.51. The van der Waals surface area contributed by atoms with E-state index in [-0.39, 0.29) is 18.2 Å². The number of esters is 1. The Hall–Kier alpha value is -3.87. The van der Waals surface area contributed by atoms with Gasteiger partial charge in [-0.15, -0.1) is 0 Å². The van der Waals surface area contributed by atoms with Crippen LogP contribution >= 0.6 is 0 Å². The van der Waals surface area contributed by atoms with Crippen molar-refractivity contribution in [2.24, 2.45) is 0 Å². The third kappa shape index (κ3) is 5.57. The number of nitrogens with one attached hydrogen (secondary N) is 1. The molecule has 0 bridgehead atoms. The first-order valence-electron chi connectivity index (χ1n) is 9.32. The highest BCUT2D eigenvalue weighted by Crippen LogP contribution is 2.16. The topological polar surface area (TPSA) is 94.8 Å². The van der Waals surface area contributed by atoms with E-state index in [1.54, 1.807) is 30.3 Å². The summed E-state index contributed by atoms with van der Waals surface area (Å²) in [6, 6.07) is 18.7. The van der Waals surface area contributed by atoms with Crippen LogP contribution in [0.25, 0.3) is 0 Å². The number of ether oxygens (including phenoxy) is 2. The summed E-state index contributed by atoms with van der Waals surface area (Å²) >= 11 is 0. The molecule has 0 aliphatic rings. The average molecular weight is 407 g/mol. The Morgan fingerprint density at radius 1 is 0.967 bits per heavy atom. The lowest BCUT2D eigenvalue weighted by Crippen LogP contribution is -2.29. The maximum atomic E-state index is 12.3. The fourth-order valence-electron chi connectivity index (χ4n) is 2.54. The molecule has 7 nitrogen and oxygen atoms in total. The Morgan fingerprint density at radius 2 is 1.67 bits per heavy atom. The number of carbonyl (C=O) groups is 3. The van der Waals surface area contributed by atoms with E-state index in [1.807, 2.05) is 30.3 Å². The van der Waals surface area contributed by atoms with Gasteiger partial charge in [0, 0.05) is 11.3 Å². The van der Waals surface area contributed by atoms with Crippen molar-refractivity contribution < 1.29 is 28.3 Å². The molecule has 0 radical (unpaired) electrons. The summed E-state index contributed by atoms with van der Waals surface area (Å²) in [5.74, 6) is -0.212. The standard InChI is InChI=1S/C23H21NO6/c1-15(25)17-8-10-18(11-9-17)24-22(26)16(2)29-23(27)21-13-12-20(30-21)14-28-19-6-4-3-5-7-19/h3-13,16H,14H2,1-2H3,(H,24,26)/t16-/m1/s1. The molecule has 0 fully saturated rings. The number of benzene rings is 2. The zero-order valence-electron chi connectivity index (χ0n) is 16.6. The number of rotatable bonds is 8. The van der Waals surface area contributed by atoms with Crippen LogP contribution < -0.4 is 10.1 Å². The summed E-state index contributed by atoms with van der Waals surface area (Å²) < 4.78 is 16.2. The molecule has 3 aromatic rings. The van der Waals surface area contributed by atoms with E-state index in [2.05, 4.69) is 5.32 Å². The highest BCUT2D eigenvalue weighted by Gasteiger charge is 2.21. The smallest absolute Gasteiger partial charge is 0.375 e. The lowest BCUT2D eigenvalue weighted by atomic mass is 10.1. The van der Waals surface area contributed by atoms with Gasteiger partial charge in [0.1, 0.15) is 18.1 Å². The number of amides is 1. The summed E-state index contributed by atoms with van der Waals surface area (Å²) in [5, 5.41) is 2.63. The Kier molecular flexibility index (Phi) is 6.64. The van der Waals surface area contributed by atoms with Crippen LogP contribution in [0.2, 0.25) is 0 Å². The van der Waals surface area contributed by atoms with Gasteiger partial charge in [-0.25, -0.2) is 4.79 Å². The molecule has 0 aliphatic heterocycles. The van der Waals surface area contributed by atoms with Gasteiger partial charge in [-0.05, 0) is 62.4 Å². The molecule has 1 N–H and O–H groups in total. The van der Waals surface area contributed by atoms with E-state index in [0.29, 0.717) is 22.8 Å². The van der Waals surface area contributed by atoms with E-state index in [0.717, 1.165) is 0 Å². The summed E-state index contributed by atoms with van der Waals surface area (Å²) in [7, 11) is 0. The third-order valence-corrected chi connectivity index (χ3v) is 4.20. The summed E-state index contributed by atoms with van der Waals surface area (Å²) in [4.78, 5) is 35.8. The van der Waals surface area contributed by atoms with Crippen molar-refractivity contribution in [2.45, 2.75) is 26.6 Å². The van der Waals surface area contributed by atoms with Crippen LogP contribution in [0.5, 0.6) is 5.75 Å². The van der Waals surface area contributed by atoms with Crippen molar-refractivity contribution in [2.75, 3.05) is 5.32 Å². The largest absolute Gasteiger partial charge is 0.486 e. The Labute approximate surface area is 173 Å². The summed E-state index contributed by atoms with van der Waals surface area (Å²) in [6.45, 7) is 3.08. The first-order chi connectivity index (χ1) is 14.4. The van der Waals surface area contributed by atoms with Crippen molar-refractivity contribution >= 4 is 23.3 Å². The van der Waals surface area contributed by atoms with Gasteiger partial charge in [0.25, 0.3) is 5.91 Å². The second kappa shape index (κ2) is 9.56. The SMILES string of the molecule is CC(=O)c1ccc(NC(=O)[C@@H](C)OC(=O)c2ccc(COc3ccccc3)o2)cc1. The molecule has 1 atom stereocenters. The number of hydrogen-bond donors (Lipinski definition) is 1. The minimum absolute atomic E-state index is 0.0212. The van der Waals surface area contributed by atoms with Crippen LogP contribution in [-0.2, 0) is 16.1 Å². The van der Waals surface area contributed by atoms with Gasteiger partial charge in [0.15, 0.2) is 11.9 Å². The zero-order chi connectivity index (χ0) is 21.5. The first kappa shape index (κ1) is 20.9. The van der Waals surface area contributed by atoms with E-state index in [4.69, 9.17) is 13.9 Å². The number of anilines is 1. The number of carbonyl (C=O) groups excluding carboxylic acids is 3. The Bertz CT molecular complexity index is 1020. The van der Waals surface area contributed by atoms with Crippen LogP contribution in [0.4, 0.5) is 5.69 Å². The van der Waals surface area contributed by atoms with E-state index in [9.17, 15) is 14.4 Å². The highest BCUT2D eigenvalue weighted by atomic mass is 16.6. The maximum absolute atomic E-state index is 12.3. The number of Topliss-reactive ketones (excluding diaryl/α,β-unsaturated/α-hetero) is 1. The second-order valence-electron chi connectivity index (χ2n) is 6.54. The number of furan rings is 1. The molecule has 154 valence electrons. The van der Waals surface area contributed by atoms with Crippen LogP contribution in [0.3, 0.4) is 0 Å². The number of ketones is 1. The van der Waals surface area contributed by atoms with Gasteiger partial charge in [0.2, 0.25) is 5.76 Å². The number of para-hydroxylation sites is 1. The normalized spacial score (nSPS) is 11.4. The lowest BCUT2D eigenvalue weighted by molar-refractivity contribution is -0.123. The van der Waals surface area contributed by atoms with Crippen LogP contribution in [0, 0.1) is 0 Å². The van der Waals surface area contributed by atoms with E-state index < -0.39 is 18.0 Å². The molecule has 1 heterocycles. The molecule has 0 saturated carbocycles. The molecule has 1 aromatic heterocycles. The monoisotopic (exact) mass is 407 g/mol. The second-order valence-corrected chi connectivity index (χ2v) is 6.54. The average Bonchev–Trinajstić information content (AvgIpc) is 3.22. The van der Waals surface area contributed by atoms with Crippen molar-refractivity contribution in [3.05, 3.63) is 83.8 Å². The maximum Gasteiger partial charge on any atom is 0.375 e. The fourth-order valence-corrected chi connectivity index (χ4v) is 2.54. The molecule has 0 unspecified atom stereocenters. The van der Waals surface area contributed by atoms with Crippen molar-refractivity contribution in [3.8, 4) is 5.75 Å². The van der Waals surface area contributed by atoms with Gasteiger partial charge in [-0.2, -0.15) is 0 Å². The van der Waals surface area contributed by atoms with Crippen molar-refractivity contribution in [1.29, 1.82) is 0 Å². The third-order valence-electron chi connectivity index (χ3n) is 4.20. The van der Waals surface area contributed by atoms with Gasteiger partial charge in [-0.3, -0.25) is 9.59 Å². The molecule has 0 aliphatic carbocycles. The van der Waals surface area contributed by atoms with Gasteiger partial charge in [0.05, 0.1) is 0 Å². The minimum atomic E-state index is -1.04. The van der Waals surface area contributed by atoms with Crippen LogP contribution in [0.15, 0.2) is 71.1 Å². The molecule has 0 saturated heterocycles. The molecule has 1 amide bonds. The molecule has 0 spiro atoms. The number of hydrogen-bond acceptors (Lipinski definition) is 6. The van der Waals surface area contributed by atoms with Crippen LogP contribution in [0.1, 0.15) is 40.5 Å².